The van der Waals surface area contributed by atoms with Gasteiger partial charge < -0.3 is 42.6 Å². The van der Waals surface area contributed by atoms with E-state index < -0.39 is 36.6 Å². The van der Waals surface area contributed by atoms with Gasteiger partial charge in [0.2, 0.25) is 0 Å². The molecular formula is C42H50O9. The number of fused-ring (bicyclic) bond motifs is 1. The summed E-state index contributed by atoms with van der Waals surface area (Å²) in [6.45, 7) is 4.69. The molecule has 1 heterocycles. The van der Waals surface area contributed by atoms with Crippen LogP contribution in [0.1, 0.15) is 22.3 Å². The van der Waals surface area contributed by atoms with Gasteiger partial charge in [-0.2, -0.15) is 0 Å². The first kappa shape index (κ1) is 37.3. The van der Waals surface area contributed by atoms with Crippen LogP contribution in [-0.2, 0) is 69.1 Å². The van der Waals surface area contributed by atoms with Crippen molar-refractivity contribution in [2.75, 3.05) is 52.9 Å². The predicted molar refractivity (Wildman–Crippen MR) is 192 cm³/mol. The average Bonchev–Trinajstić information content (AvgIpc) is 3.19. The van der Waals surface area contributed by atoms with Gasteiger partial charge in [-0.25, -0.2) is 0 Å². The zero-order valence-electron chi connectivity index (χ0n) is 29.2. The summed E-state index contributed by atoms with van der Waals surface area (Å²) >= 11 is 0. The maximum atomic E-state index is 6.89. The van der Waals surface area contributed by atoms with E-state index in [1.807, 2.05) is 72.8 Å². The van der Waals surface area contributed by atoms with Gasteiger partial charge in [-0.15, -0.1) is 0 Å². The van der Waals surface area contributed by atoms with Crippen LogP contribution in [0.25, 0.3) is 0 Å². The van der Waals surface area contributed by atoms with Gasteiger partial charge in [0, 0.05) is 0 Å². The smallest absolute Gasteiger partial charge is 0.116 e. The maximum Gasteiger partial charge on any atom is 0.116 e. The van der Waals surface area contributed by atoms with Crippen molar-refractivity contribution in [3.05, 3.63) is 144 Å². The molecule has 6 atom stereocenters. The second kappa shape index (κ2) is 21.1. The van der Waals surface area contributed by atoms with Crippen LogP contribution in [0.2, 0.25) is 0 Å². The summed E-state index contributed by atoms with van der Waals surface area (Å²) < 4.78 is 58.3. The van der Waals surface area contributed by atoms with E-state index in [9.17, 15) is 0 Å². The predicted octanol–water partition coefficient (Wildman–Crippen LogP) is 6.18. The van der Waals surface area contributed by atoms with Crippen molar-refractivity contribution in [2.24, 2.45) is 0 Å². The van der Waals surface area contributed by atoms with E-state index in [0.29, 0.717) is 79.3 Å². The summed E-state index contributed by atoms with van der Waals surface area (Å²) in [7, 11) is 0. The molecule has 0 unspecified atom stereocenters. The summed E-state index contributed by atoms with van der Waals surface area (Å²) in [4.78, 5) is 0. The molecule has 4 aromatic rings. The largest absolute Gasteiger partial charge is 0.377 e. The van der Waals surface area contributed by atoms with Crippen molar-refractivity contribution in [3.63, 3.8) is 0 Å². The minimum absolute atomic E-state index is 0.318. The van der Waals surface area contributed by atoms with Crippen LogP contribution in [-0.4, -0.2) is 89.5 Å². The Morgan fingerprint density at radius 2 is 0.588 bits per heavy atom. The molecule has 51 heavy (non-hydrogen) atoms. The molecule has 0 bridgehead atoms. The first-order valence-corrected chi connectivity index (χ1v) is 17.9. The molecule has 0 N–H and O–H groups in total. The summed E-state index contributed by atoms with van der Waals surface area (Å²) in [5.41, 5.74) is 4.15. The van der Waals surface area contributed by atoms with Crippen molar-refractivity contribution in [2.45, 2.75) is 63.1 Å². The minimum Gasteiger partial charge on any atom is -0.377 e. The molecule has 0 radical (unpaired) electrons. The van der Waals surface area contributed by atoms with Crippen LogP contribution in [0, 0.1) is 0 Å². The molecule has 1 aliphatic carbocycles. The first-order valence-electron chi connectivity index (χ1n) is 17.9. The van der Waals surface area contributed by atoms with Crippen molar-refractivity contribution in [1.29, 1.82) is 0 Å². The molecule has 0 spiro atoms. The molecule has 2 fully saturated rings. The minimum atomic E-state index is -0.587. The van der Waals surface area contributed by atoms with Gasteiger partial charge in [-0.3, -0.25) is 0 Å². The third kappa shape index (κ3) is 11.8. The van der Waals surface area contributed by atoms with Gasteiger partial charge in [0.05, 0.1) is 79.3 Å². The normalized spacial score (nSPS) is 25.3. The Morgan fingerprint density at radius 1 is 0.333 bits per heavy atom. The third-order valence-corrected chi connectivity index (χ3v) is 8.90. The quantitative estimate of drug-likeness (QED) is 0.173. The topological polar surface area (TPSA) is 83.1 Å². The molecule has 2 aliphatic rings. The van der Waals surface area contributed by atoms with Crippen LogP contribution in [0.3, 0.4) is 0 Å². The number of hydrogen-bond acceptors (Lipinski definition) is 9. The van der Waals surface area contributed by atoms with Crippen molar-refractivity contribution >= 4 is 0 Å². The standard InChI is InChI=1S/C42H50O9/c1-5-13-33(14-6-1)29-48-39-37-38(47-28-26-45-24-22-43-21-23-44-25-27-46-37)40(49-30-34-15-7-2-8-16-34)42(51-32-36-19-11-4-12-20-36)41(39)50-31-35-17-9-3-10-18-35/h1-20,37-42H,21-32H2/t37-,38+,39-,40-,41+,42+/m1/s1. The fourth-order valence-corrected chi connectivity index (χ4v) is 6.35. The van der Waals surface area contributed by atoms with E-state index in [4.69, 9.17) is 42.6 Å². The molecule has 1 saturated carbocycles. The van der Waals surface area contributed by atoms with Gasteiger partial charge in [0.15, 0.2) is 0 Å². The van der Waals surface area contributed by atoms with E-state index in [-0.39, 0.29) is 0 Å². The van der Waals surface area contributed by atoms with Gasteiger partial charge in [-0.1, -0.05) is 121 Å². The Bertz CT molecular complexity index is 1360. The molecule has 1 saturated heterocycles. The Morgan fingerprint density at radius 3 is 0.882 bits per heavy atom. The maximum absolute atomic E-state index is 6.89. The van der Waals surface area contributed by atoms with Gasteiger partial charge >= 0.3 is 0 Å². The molecule has 0 aromatic heterocycles. The third-order valence-electron chi connectivity index (χ3n) is 8.90. The van der Waals surface area contributed by atoms with Gasteiger partial charge in [0.1, 0.15) is 36.6 Å². The van der Waals surface area contributed by atoms with E-state index in [1.54, 1.807) is 0 Å². The lowest BCUT2D eigenvalue weighted by atomic mass is 9.83. The molecular weight excluding hydrogens is 648 g/mol. The van der Waals surface area contributed by atoms with Crippen molar-refractivity contribution in [1.82, 2.24) is 0 Å². The average molecular weight is 699 g/mol. The van der Waals surface area contributed by atoms with E-state index in [0.717, 1.165) is 22.3 Å². The van der Waals surface area contributed by atoms with Crippen LogP contribution in [0.4, 0.5) is 0 Å². The summed E-state index contributed by atoms with van der Waals surface area (Å²) in [5.74, 6) is 0. The zero-order chi connectivity index (χ0) is 34.8. The van der Waals surface area contributed by atoms with E-state index in [1.165, 1.54) is 0 Å². The molecule has 9 heteroatoms. The molecule has 6 rings (SSSR count). The fraction of sp³-hybridized carbons (Fsp3) is 0.429. The Hall–Kier alpha value is -3.48. The van der Waals surface area contributed by atoms with E-state index in [2.05, 4.69) is 48.5 Å². The number of ether oxygens (including phenoxy) is 9. The molecule has 272 valence electrons. The van der Waals surface area contributed by atoms with Crippen molar-refractivity contribution < 1.29 is 42.6 Å². The summed E-state index contributed by atoms with van der Waals surface area (Å²) in [5, 5.41) is 0. The Labute approximate surface area is 301 Å². The number of hydrogen-bond donors (Lipinski definition) is 0. The van der Waals surface area contributed by atoms with Crippen molar-refractivity contribution in [3.8, 4) is 0 Å². The molecule has 0 amide bonds. The monoisotopic (exact) mass is 698 g/mol. The van der Waals surface area contributed by atoms with Gasteiger partial charge in [0.25, 0.3) is 0 Å². The second-order valence-electron chi connectivity index (χ2n) is 12.6. The molecule has 4 aromatic carbocycles. The highest BCUT2D eigenvalue weighted by Gasteiger charge is 2.55. The highest BCUT2D eigenvalue weighted by molar-refractivity contribution is 5.17. The van der Waals surface area contributed by atoms with Gasteiger partial charge in [-0.05, 0) is 22.3 Å². The van der Waals surface area contributed by atoms with Crippen LogP contribution in [0.5, 0.6) is 0 Å². The Balaban J connectivity index is 1.37. The lowest BCUT2D eigenvalue weighted by Crippen LogP contribution is -2.67. The second-order valence-corrected chi connectivity index (χ2v) is 12.6. The fourth-order valence-electron chi connectivity index (χ4n) is 6.35. The first-order chi connectivity index (χ1) is 25.3. The van der Waals surface area contributed by atoms with E-state index >= 15 is 0 Å². The zero-order valence-corrected chi connectivity index (χ0v) is 29.2. The summed E-state index contributed by atoms with van der Waals surface area (Å²) in [6.07, 6.45) is -3.52. The van der Waals surface area contributed by atoms with Crippen LogP contribution < -0.4 is 0 Å². The highest BCUT2D eigenvalue weighted by atomic mass is 16.6. The number of rotatable bonds is 12. The molecule has 9 nitrogen and oxygen atoms in total. The summed E-state index contributed by atoms with van der Waals surface area (Å²) in [6, 6.07) is 40.5. The molecule has 1 aliphatic heterocycles. The lowest BCUT2D eigenvalue weighted by Gasteiger charge is -2.49. The highest BCUT2D eigenvalue weighted by Crippen LogP contribution is 2.36. The SMILES string of the molecule is c1ccc(CO[C@@H]2[C@@H](OCc3ccccc3)[C@H](OCc3ccccc3)[C@H]3OCCOCCOCCOCCO[C@H]3[C@H]2OCc2ccccc2)cc1. The van der Waals surface area contributed by atoms with Crippen LogP contribution in [0.15, 0.2) is 121 Å². The van der Waals surface area contributed by atoms with Crippen LogP contribution >= 0.6 is 0 Å². The lowest BCUT2D eigenvalue weighted by molar-refractivity contribution is -0.290. The Kier molecular flexibility index (Phi) is 15.5. The number of benzene rings is 4.